The molecule has 1 saturated heterocycles. The molecule has 2 N–H and O–H groups in total. The van der Waals surface area contributed by atoms with Gasteiger partial charge in [0.25, 0.3) is 0 Å². The zero-order valence-corrected chi connectivity index (χ0v) is 15.9. The largest absolute Gasteiger partial charge is 0.444 e. The van der Waals surface area contributed by atoms with Crippen LogP contribution >= 0.6 is 0 Å². The molecule has 5 nitrogen and oxygen atoms in total. The van der Waals surface area contributed by atoms with Gasteiger partial charge in [0.2, 0.25) is 0 Å². The number of anilines is 1. The van der Waals surface area contributed by atoms with Gasteiger partial charge in [-0.2, -0.15) is 0 Å². The Hall–Kier alpha value is -1.59. The lowest BCUT2D eigenvalue weighted by atomic mass is 9.57. The summed E-state index contributed by atoms with van der Waals surface area (Å²) in [5.41, 5.74) is 1.64. The highest BCUT2D eigenvalue weighted by molar-refractivity contribution is 5.84. The third-order valence-corrected chi connectivity index (χ3v) is 5.23. The van der Waals surface area contributed by atoms with E-state index >= 15 is 0 Å². The van der Waals surface area contributed by atoms with Crippen molar-refractivity contribution in [2.45, 2.75) is 65.3 Å². The first kappa shape index (κ1) is 18.2. The number of amides is 1. The highest BCUT2D eigenvalue weighted by Crippen LogP contribution is 2.52. The van der Waals surface area contributed by atoms with Crippen LogP contribution in [0.1, 0.15) is 46.6 Å². The Morgan fingerprint density at radius 3 is 2.60 bits per heavy atom. The molecule has 1 heterocycles. The lowest BCUT2D eigenvalue weighted by molar-refractivity contribution is -0.113. The minimum atomic E-state index is -0.495. The van der Waals surface area contributed by atoms with Crippen LogP contribution in [0.4, 0.5) is 10.5 Å². The Morgan fingerprint density at radius 2 is 1.96 bits per heavy atom. The summed E-state index contributed by atoms with van der Waals surface area (Å²) in [4.78, 5) is 11.8. The summed E-state index contributed by atoms with van der Waals surface area (Å²) in [5, 5.41) is 6.45. The van der Waals surface area contributed by atoms with Crippen molar-refractivity contribution in [1.82, 2.24) is 5.32 Å². The van der Waals surface area contributed by atoms with Gasteiger partial charge in [0.15, 0.2) is 0 Å². The van der Waals surface area contributed by atoms with Crippen LogP contribution in [0.25, 0.3) is 0 Å². The summed E-state index contributed by atoms with van der Waals surface area (Å²) in [6, 6.07) is 8.39. The maximum atomic E-state index is 11.8. The van der Waals surface area contributed by atoms with Gasteiger partial charge >= 0.3 is 6.09 Å². The van der Waals surface area contributed by atoms with Crippen molar-refractivity contribution in [2.24, 2.45) is 11.3 Å². The van der Waals surface area contributed by atoms with Crippen molar-refractivity contribution in [1.29, 1.82) is 0 Å². The van der Waals surface area contributed by atoms with Crippen molar-refractivity contribution in [3.63, 3.8) is 0 Å². The minimum Gasteiger partial charge on any atom is -0.444 e. The predicted octanol–water partition coefficient (Wildman–Crippen LogP) is 3.94. The van der Waals surface area contributed by atoms with Crippen LogP contribution < -0.4 is 10.6 Å². The van der Waals surface area contributed by atoms with Gasteiger partial charge in [0.05, 0.1) is 6.10 Å². The van der Waals surface area contributed by atoms with E-state index < -0.39 is 11.7 Å². The molecule has 2 fully saturated rings. The summed E-state index contributed by atoms with van der Waals surface area (Å²) in [6.07, 6.45) is 1.14. The average molecular weight is 346 g/mol. The molecule has 0 bridgehead atoms. The second kappa shape index (κ2) is 6.61. The molecule has 0 spiro atoms. The number of rotatable bonds is 4. The average Bonchev–Trinajstić information content (AvgIpc) is 2.94. The molecule has 3 unspecified atom stereocenters. The molecule has 138 valence electrons. The van der Waals surface area contributed by atoms with Gasteiger partial charge in [-0.1, -0.05) is 26.0 Å². The molecule has 1 saturated carbocycles. The third kappa shape index (κ3) is 3.98. The van der Waals surface area contributed by atoms with Gasteiger partial charge in [0.1, 0.15) is 5.60 Å². The summed E-state index contributed by atoms with van der Waals surface area (Å²) in [7, 11) is 0. The maximum absolute atomic E-state index is 11.8. The van der Waals surface area contributed by atoms with E-state index in [1.54, 1.807) is 0 Å². The molecule has 25 heavy (non-hydrogen) atoms. The van der Waals surface area contributed by atoms with Crippen LogP contribution in [0.5, 0.6) is 0 Å². The van der Waals surface area contributed by atoms with Crippen LogP contribution in [-0.4, -0.2) is 30.4 Å². The molecular weight excluding hydrogens is 316 g/mol. The Labute approximate surface area is 150 Å². The van der Waals surface area contributed by atoms with Crippen molar-refractivity contribution in [3.8, 4) is 0 Å². The van der Waals surface area contributed by atoms with E-state index in [-0.39, 0.29) is 5.41 Å². The normalized spacial score (nSPS) is 27.3. The smallest absolute Gasteiger partial charge is 0.412 e. The van der Waals surface area contributed by atoms with Crippen molar-refractivity contribution < 1.29 is 14.3 Å². The highest BCUT2D eigenvalue weighted by Gasteiger charge is 2.58. The van der Waals surface area contributed by atoms with Crippen molar-refractivity contribution in [3.05, 3.63) is 29.8 Å². The quantitative estimate of drug-likeness (QED) is 0.867. The van der Waals surface area contributed by atoms with E-state index in [1.165, 1.54) is 5.56 Å². The van der Waals surface area contributed by atoms with Gasteiger partial charge in [-0.3, -0.25) is 5.32 Å². The van der Waals surface area contributed by atoms with E-state index in [0.717, 1.165) is 25.3 Å². The summed E-state index contributed by atoms with van der Waals surface area (Å²) >= 11 is 0. The number of benzene rings is 1. The number of carbonyl (C=O) groups excluding carboxylic acids is 1. The first-order valence-corrected chi connectivity index (χ1v) is 9.11. The molecular formula is C20H30N2O3. The van der Waals surface area contributed by atoms with E-state index in [1.807, 2.05) is 45.0 Å². The van der Waals surface area contributed by atoms with E-state index in [4.69, 9.17) is 9.47 Å². The maximum Gasteiger partial charge on any atom is 0.412 e. The van der Waals surface area contributed by atoms with Crippen molar-refractivity contribution >= 4 is 11.8 Å². The Kier molecular flexibility index (Phi) is 4.82. The molecule has 1 amide bonds. The molecule has 1 aliphatic heterocycles. The molecule has 3 rings (SSSR count). The number of nitrogens with one attached hydrogen (secondary N) is 2. The monoisotopic (exact) mass is 346 g/mol. The van der Waals surface area contributed by atoms with Crippen LogP contribution in [0.15, 0.2) is 24.3 Å². The topological polar surface area (TPSA) is 59.6 Å². The van der Waals surface area contributed by atoms with E-state index in [0.29, 0.717) is 18.1 Å². The van der Waals surface area contributed by atoms with Gasteiger partial charge < -0.3 is 14.8 Å². The van der Waals surface area contributed by atoms with Gasteiger partial charge in [0, 0.05) is 36.2 Å². The highest BCUT2D eigenvalue weighted by atomic mass is 16.6. The predicted molar refractivity (Wildman–Crippen MR) is 98.6 cm³/mol. The summed E-state index contributed by atoms with van der Waals surface area (Å²) in [5.74, 6) is 0.642. The van der Waals surface area contributed by atoms with Gasteiger partial charge in [-0.05, 0) is 44.9 Å². The first-order valence-electron chi connectivity index (χ1n) is 9.11. The van der Waals surface area contributed by atoms with E-state index in [2.05, 4.69) is 24.5 Å². The van der Waals surface area contributed by atoms with Crippen molar-refractivity contribution in [2.75, 3.05) is 11.9 Å². The number of hydrogen-bond donors (Lipinski definition) is 2. The van der Waals surface area contributed by atoms with Crippen LogP contribution in [-0.2, 0) is 16.0 Å². The zero-order valence-electron chi connectivity index (χ0n) is 15.9. The number of fused-ring (bicyclic) bond motifs is 1. The Morgan fingerprint density at radius 1 is 1.28 bits per heavy atom. The Balaban J connectivity index is 1.51. The molecule has 0 aromatic heterocycles. The lowest BCUT2D eigenvalue weighted by Crippen LogP contribution is -2.65. The SMILES string of the molecule is CC(C)(C)OC(=O)Nc1ccc(CNC2C3CCOC3C2(C)C)cc1. The van der Waals surface area contributed by atoms with Gasteiger partial charge in [-0.15, -0.1) is 0 Å². The Bertz CT molecular complexity index is 619. The fraction of sp³-hybridized carbons (Fsp3) is 0.650. The minimum absolute atomic E-state index is 0.194. The summed E-state index contributed by atoms with van der Waals surface area (Å²) < 4.78 is 11.1. The second-order valence-corrected chi connectivity index (χ2v) is 8.75. The third-order valence-electron chi connectivity index (χ3n) is 5.23. The molecule has 1 aliphatic carbocycles. The molecule has 1 aromatic carbocycles. The fourth-order valence-electron chi connectivity index (χ4n) is 4.09. The molecule has 5 heteroatoms. The molecule has 1 aromatic rings. The van der Waals surface area contributed by atoms with Crippen LogP contribution in [0.3, 0.4) is 0 Å². The number of carbonyl (C=O) groups is 1. The molecule has 0 radical (unpaired) electrons. The lowest BCUT2D eigenvalue weighted by Gasteiger charge is -2.55. The second-order valence-electron chi connectivity index (χ2n) is 8.75. The van der Waals surface area contributed by atoms with E-state index in [9.17, 15) is 4.79 Å². The number of ether oxygens (including phenoxy) is 2. The molecule has 3 atom stereocenters. The first-order chi connectivity index (χ1) is 11.7. The zero-order chi connectivity index (χ0) is 18.2. The molecule has 2 aliphatic rings. The summed E-state index contributed by atoms with van der Waals surface area (Å²) in [6.45, 7) is 11.8. The fourth-order valence-corrected chi connectivity index (χ4v) is 4.09. The van der Waals surface area contributed by atoms with Gasteiger partial charge in [-0.25, -0.2) is 4.79 Å². The van der Waals surface area contributed by atoms with Crippen LogP contribution in [0, 0.1) is 11.3 Å². The standard InChI is InChI=1S/C20H30N2O3/c1-19(2,3)25-18(23)22-14-8-6-13(7-9-14)12-21-16-15-10-11-24-17(15)20(16,4)5/h6-9,15-17,21H,10-12H2,1-5H3,(H,22,23). The number of hydrogen-bond acceptors (Lipinski definition) is 4. The van der Waals surface area contributed by atoms with Crippen LogP contribution in [0.2, 0.25) is 0 Å².